The van der Waals surface area contributed by atoms with Crippen LogP contribution in [0.3, 0.4) is 0 Å². The fourth-order valence-electron chi connectivity index (χ4n) is 0.214. The van der Waals surface area contributed by atoms with Crippen molar-refractivity contribution >= 4 is 23.9 Å². The SMILES string of the molecule is C=C(C)C(=O)O.C=CC(=O)O.O=C(O)CCC(=O)O. The number of carboxylic acid groups (broad SMARTS) is 4. The van der Waals surface area contributed by atoms with Crippen molar-refractivity contribution in [1.82, 2.24) is 0 Å². The van der Waals surface area contributed by atoms with Crippen molar-refractivity contribution in [2.24, 2.45) is 0 Å². The van der Waals surface area contributed by atoms with Gasteiger partial charge in [0, 0.05) is 11.6 Å². The smallest absolute Gasteiger partial charge is 0.330 e. The molecule has 0 atom stereocenters. The number of hydrogen-bond acceptors (Lipinski definition) is 4. The lowest BCUT2D eigenvalue weighted by Crippen LogP contribution is -2.00. The summed E-state index contributed by atoms with van der Waals surface area (Å²) in [5.41, 5.74) is 0.176. The molecule has 0 aromatic carbocycles. The molecule has 8 heteroatoms. The van der Waals surface area contributed by atoms with Crippen molar-refractivity contribution in [1.29, 1.82) is 0 Å². The first kappa shape index (κ1) is 21.6. The molecule has 0 bridgehead atoms. The summed E-state index contributed by atoms with van der Waals surface area (Å²) in [5.74, 6) is -4.07. The topological polar surface area (TPSA) is 149 Å². The number of carboxylic acids is 4. The zero-order valence-corrected chi connectivity index (χ0v) is 10.3. The number of rotatable bonds is 5. The van der Waals surface area contributed by atoms with Crippen molar-refractivity contribution in [3.63, 3.8) is 0 Å². The van der Waals surface area contributed by atoms with Crippen molar-refractivity contribution in [2.45, 2.75) is 19.8 Å². The second-order valence-corrected chi connectivity index (χ2v) is 2.92. The van der Waals surface area contributed by atoms with Gasteiger partial charge in [0.15, 0.2) is 0 Å². The van der Waals surface area contributed by atoms with E-state index in [9.17, 15) is 19.2 Å². The van der Waals surface area contributed by atoms with Crippen LogP contribution in [0.4, 0.5) is 0 Å². The molecule has 0 rings (SSSR count). The van der Waals surface area contributed by atoms with E-state index < -0.39 is 23.9 Å². The van der Waals surface area contributed by atoms with Crippen molar-refractivity contribution in [2.75, 3.05) is 0 Å². The predicted molar refractivity (Wildman–Crippen MR) is 64.8 cm³/mol. The summed E-state index contributed by atoms with van der Waals surface area (Å²) in [7, 11) is 0. The van der Waals surface area contributed by atoms with Gasteiger partial charge in [-0.1, -0.05) is 13.2 Å². The lowest BCUT2D eigenvalue weighted by atomic mass is 10.3. The molecule has 0 aliphatic rings. The first-order valence-corrected chi connectivity index (χ1v) is 4.72. The molecule has 0 aliphatic heterocycles. The molecule has 0 aliphatic carbocycles. The van der Waals surface area contributed by atoms with E-state index in [-0.39, 0.29) is 18.4 Å². The van der Waals surface area contributed by atoms with E-state index in [1.54, 1.807) is 0 Å². The molecule has 0 aromatic rings. The average Bonchev–Trinajstić information content (AvgIpc) is 2.27. The monoisotopic (exact) mass is 276 g/mol. The highest BCUT2D eigenvalue weighted by Crippen LogP contribution is 1.86. The van der Waals surface area contributed by atoms with Gasteiger partial charge in [-0.3, -0.25) is 9.59 Å². The summed E-state index contributed by atoms with van der Waals surface area (Å²) in [6.07, 6.45) is 0.241. The maximum absolute atomic E-state index is 9.64. The molecule has 0 radical (unpaired) electrons. The van der Waals surface area contributed by atoms with Gasteiger partial charge in [-0.05, 0) is 6.92 Å². The van der Waals surface area contributed by atoms with Gasteiger partial charge in [-0.25, -0.2) is 9.59 Å². The van der Waals surface area contributed by atoms with Crippen LogP contribution < -0.4 is 0 Å². The second-order valence-electron chi connectivity index (χ2n) is 2.92. The highest BCUT2D eigenvalue weighted by molar-refractivity contribution is 5.84. The lowest BCUT2D eigenvalue weighted by Gasteiger charge is -1.85. The summed E-state index contributed by atoms with van der Waals surface area (Å²) < 4.78 is 0. The molecule has 0 amide bonds. The van der Waals surface area contributed by atoms with Crippen molar-refractivity contribution in [3.05, 3.63) is 24.8 Å². The van der Waals surface area contributed by atoms with Gasteiger partial charge in [-0.2, -0.15) is 0 Å². The number of aliphatic carboxylic acids is 4. The average molecular weight is 276 g/mol. The molecule has 0 saturated heterocycles. The third-order valence-electron chi connectivity index (χ3n) is 1.09. The van der Waals surface area contributed by atoms with Gasteiger partial charge in [-0.15, -0.1) is 0 Å². The third kappa shape index (κ3) is 39.2. The Kier molecular flexibility index (Phi) is 15.3. The van der Waals surface area contributed by atoms with Crippen LogP contribution in [0.2, 0.25) is 0 Å². The predicted octanol–water partition coefficient (Wildman–Crippen LogP) is 0.840. The Hall–Kier alpha value is -2.64. The number of carbonyl (C=O) groups is 4. The Labute approximate surface area is 109 Å². The van der Waals surface area contributed by atoms with E-state index in [0.717, 1.165) is 6.08 Å². The van der Waals surface area contributed by atoms with Crippen LogP contribution in [0, 0.1) is 0 Å². The molecular formula is C11H16O8. The minimum absolute atomic E-state index is 0.176. The van der Waals surface area contributed by atoms with Crippen molar-refractivity contribution in [3.8, 4) is 0 Å². The van der Waals surface area contributed by atoms with E-state index in [1.165, 1.54) is 6.92 Å². The fourth-order valence-corrected chi connectivity index (χ4v) is 0.214. The maximum atomic E-state index is 9.64. The second kappa shape index (κ2) is 13.4. The maximum Gasteiger partial charge on any atom is 0.330 e. The standard InChI is InChI=1S/C4H6O4.C4H6O2.C3H4O2/c5-3(6)1-2-4(7)8;1-3(2)4(5)6;1-2-3(4)5/h1-2H2,(H,5,6)(H,7,8);1H2,2H3,(H,5,6);2H,1H2,(H,4,5). The zero-order valence-electron chi connectivity index (χ0n) is 10.3. The Morgan fingerprint density at radius 3 is 1.21 bits per heavy atom. The summed E-state index contributed by atoms with van der Waals surface area (Å²) >= 11 is 0. The zero-order chi connectivity index (χ0) is 16.0. The largest absolute Gasteiger partial charge is 0.481 e. The van der Waals surface area contributed by atoms with Crippen LogP contribution >= 0.6 is 0 Å². The summed E-state index contributed by atoms with van der Waals surface area (Å²) in [6, 6.07) is 0. The molecule has 0 spiro atoms. The van der Waals surface area contributed by atoms with Gasteiger partial charge in [0.1, 0.15) is 0 Å². The van der Waals surface area contributed by atoms with E-state index >= 15 is 0 Å². The highest BCUT2D eigenvalue weighted by atomic mass is 16.4. The van der Waals surface area contributed by atoms with Crippen molar-refractivity contribution < 1.29 is 39.6 Å². The molecule has 0 heterocycles. The Morgan fingerprint density at radius 2 is 1.16 bits per heavy atom. The van der Waals surface area contributed by atoms with Crippen LogP contribution in [0.5, 0.6) is 0 Å². The van der Waals surface area contributed by atoms with Gasteiger partial charge in [0.2, 0.25) is 0 Å². The van der Waals surface area contributed by atoms with E-state index in [2.05, 4.69) is 13.2 Å². The van der Waals surface area contributed by atoms with Crippen LogP contribution in [-0.4, -0.2) is 44.3 Å². The minimum Gasteiger partial charge on any atom is -0.481 e. The molecular weight excluding hydrogens is 260 g/mol. The molecule has 0 aromatic heterocycles. The lowest BCUT2D eigenvalue weighted by molar-refractivity contribution is -0.143. The molecule has 19 heavy (non-hydrogen) atoms. The highest BCUT2D eigenvalue weighted by Gasteiger charge is 2.00. The van der Waals surface area contributed by atoms with Crippen LogP contribution in [-0.2, 0) is 19.2 Å². The summed E-state index contributed by atoms with van der Waals surface area (Å²) in [5, 5.41) is 31.3. The number of hydrogen-bond donors (Lipinski definition) is 4. The summed E-state index contributed by atoms with van der Waals surface area (Å²) in [6.45, 7) is 7.56. The van der Waals surface area contributed by atoms with Gasteiger partial charge in [0.25, 0.3) is 0 Å². The van der Waals surface area contributed by atoms with Gasteiger partial charge < -0.3 is 20.4 Å². The Morgan fingerprint density at radius 1 is 0.947 bits per heavy atom. The van der Waals surface area contributed by atoms with E-state index in [4.69, 9.17) is 20.4 Å². The summed E-state index contributed by atoms with van der Waals surface area (Å²) in [4.78, 5) is 38.1. The van der Waals surface area contributed by atoms with Crippen LogP contribution in [0.25, 0.3) is 0 Å². The Balaban J connectivity index is -0.000000209. The van der Waals surface area contributed by atoms with E-state index in [0.29, 0.717) is 0 Å². The van der Waals surface area contributed by atoms with Gasteiger partial charge >= 0.3 is 23.9 Å². The first-order chi connectivity index (χ1) is 8.54. The first-order valence-electron chi connectivity index (χ1n) is 4.72. The fraction of sp³-hybridized carbons (Fsp3) is 0.273. The van der Waals surface area contributed by atoms with E-state index in [1.807, 2.05) is 0 Å². The molecule has 0 unspecified atom stereocenters. The molecule has 4 N–H and O–H groups in total. The molecule has 8 nitrogen and oxygen atoms in total. The molecule has 0 fully saturated rings. The quantitative estimate of drug-likeness (QED) is 0.539. The van der Waals surface area contributed by atoms with Crippen LogP contribution in [0.1, 0.15) is 19.8 Å². The third-order valence-corrected chi connectivity index (χ3v) is 1.09. The molecule has 108 valence electrons. The normalized spacial score (nSPS) is 7.63. The minimum atomic E-state index is -1.08. The Bertz CT molecular complexity index is 330. The van der Waals surface area contributed by atoms with Gasteiger partial charge in [0.05, 0.1) is 12.8 Å². The van der Waals surface area contributed by atoms with Crippen LogP contribution in [0.15, 0.2) is 24.8 Å². The molecule has 0 saturated carbocycles.